The molecule has 0 atom stereocenters. The van der Waals surface area contributed by atoms with E-state index in [-0.39, 0.29) is 13.2 Å². The lowest BCUT2D eigenvalue weighted by molar-refractivity contribution is -0.119. The van der Waals surface area contributed by atoms with Gasteiger partial charge in [0.25, 0.3) is 5.91 Å². The van der Waals surface area contributed by atoms with Crippen LogP contribution in [0, 0.1) is 20.8 Å². The summed E-state index contributed by atoms with van der Waals surface area (Å²) in [4.78, 5) is 28.2. The largest absolute Gasteiger partial charge is 0.485 e. The molecule has 8 nitrogen and oxygen atoms in total. The van der Waals surface area contributed by atoms with Gasteiger partial charge >= 0.3 is 5.97 Å². The number of hydrogen-bond donors (Lipinski definition) is 1. The number of nitrogens with one attached hydrogen (secondary N) is 1. The molecule has 3 aromatic rings. The molecular formula is C21H21N3O5. The summed E-state index contributed by atoms with van der Waals surface area (Å²) in [5.74, 6) is 0.431. The minimum Gasteiger partial charge on any atom is -0.485 e. The Hall–Kier alpha value is -3.68. The molecule has 3 rings (SSSR count). The van der Waals surface area contributed by atoms with Crippen molar-refractivity contribution in [3.8, 4) is 5.75 Å². The highest BCUT2D eigenvalue weighted by molar-refractivity contribution is 5.95. The molecule has 0 radical (unpaired) electrons. The van der Waals surface area contributed by atoms with Gasteiger partial charge < -0.3 is 19.3 Å². The first-order valence-corrected chi connectivity index (χ1v) is 8.96. The van der Waals surface area contributed by atoms with Gasteiger partial charge in [-0.1, -0.05) is 11.2 Å². The van der Waals surface area contributed by atoms with Crippen molar-refractivity contribution in [1.82, 2.24) is 10.1 Å². The smallest absolute Gasteiger partial charge is 0.338 e. The summed E-state index contributed by atoms with van der Waals surface area (Å²) in [6.45, 7) is 5.36. The average Bonchev–Trinajstić information content (AvgIpc) is 3.09. The molecule has 2 aromatic carbocycles. The number of rotatable bonds is 7. The van der Waals surface area contributed by atoms with Crippen molar-refractivity contribution < 1.29 is 23.6 Å². The zero-order chi connectivity index (χ0) is 20.8. The van der Waals surface area contributed by atoms with Crippen LogP contribution in [0.5, 0.6) is 5.75 Å². The van der Waals surface area contributed by atoms with Crippen LogP contribution in [-0.2, 0) is 16.1 Å². The highest BCUT2D eigenvalue weighted by atomic mass is 16.5. The maximum atomic E-state index is 12.1. The van der Waals surface area contributed by atoms with E-state index in [2.05, 4.69) is 15.5 Å². The van der Waals surface area contributed by atoms with Crippen LogP contribution in [0.15, 0.2) is 47.0 Å². The highest BCUT2D eigenvalue weighted by Gasteiger charge is 2.11. The number of nitrogens with zero attached hydrogens (tertiary/aromatic N) is 2. The topological polar surface area (TPSA) is 104 Å². The zero-order valence-electron chi connectivity index (χ0n) is 16.4. The minimum atomic E-state index is -0.596. The van der Waals surface area contributed by atoms with Gasteiger partial charge in [-0.25, -0.2) is 4.79 Å². The van der Waals surface area contributed by atoms with Crippen molar-refractivity contribution in [1.29, 1.82) is 0 Å². The number of amides is 1. The van der Waals surface area contributed by atoms with Crippen LogP contribution < -0.4 is 10.1 Å². The quantitative estimate of drug-likeness (QED) is 0.612. The Morgan fingerprint density at radius 1 is 1.03 bits per heavy atom. The van der Waals surface area contributed by atoms with E-state index < -0.39 is 11.9 Å². The summed E-state index contributed by atoms with van der Waals surface area (Å²) >= 11 is 0. The third-order valence-electron chi connectivity index (χ3n) is 3.87. The summed E-state index contributed by atoms with van der Waals surface area (Å²) in [6, 6.07) is 12.1. The summed E-state index contributed by atoms with van der Waals surface area (Å²) in [5.41, 5.74) is 3.05. The van der Waals surface area contributed by atoms with Gasteiger partial charge in [-0.3, -0.25) is 4.79 Å². The van der Waals surface area contributed by atoms with Crippen LogP contribution >= 0.6 is 0 Å². The Bertz CT molecular complexity index is 991. The summed E-state index contributed by atoms with van der Waals surface area (Å²) < 4.78 is 15.5. The Kier molecular flexibility index (Phi) is 6.23. The van der Waals surface area contributed by atoms with Gasteiger partial charge in [0.15, 0.2) is 13.2 Å². The molecule has 150 valence electrons. The van der Waals surface area contributed by atoms with E-state index in [0.717, 1.165) is 11.1 Å². The number of carbonyl (C=O) groups is 2. The number of hydrogen-bond acceptors (Lipinski definition) is 7. The standard InChI is InChI=1S/C21H21N3O5/c1-13-8-14(2)10-17(9-13)23-20(25)12-28-21(26)16-4-6-18(7-5-16)27-11-19-22-15(3)29-24-19/h4-10H,11-12H2,1-3H3,(H,23,25). The third kappa shape index (κ3) is 5.90. The number of esters is 1. The molecule has 0 bridgehead atoms. The monoisotopic (exact) mass is 395 g/mol. The Balaban J connectivity index is 1.48. The van der Waals surface area contributed by atoms with E-state index in [1.807, 2.05) is 32.0 Å². The Morgan fingerprint density at radius 2 is 1.72 bits per heavy atom. The number of benzene rings is 2. The second-order valence-corrected chi connectivity index (χ2v) is 6.54. The molecule has 0 saturated carbocycles. The molecular weight excluding hydrogens is 374 g/mol. The molecule has 0 aliphatic rings. The van der Waals surface area contributed by atoms with E-state index in [1.54, 1.807) is 31.2 Å². The van der Waals surface area contributed by atoms with Crippen molar-refractivity contribution in [2.45, 2.75) is 27.4 Å². The Labute approximate surface area is 167 Å². The lowest BCUT2D eigenvalue weighted by Gasteiger charge is -2.09. The van der Waals surface area contributed by atoms with Crippen LogP contribution in [0.1, 0.15) is 33.2 Å². The molecule has 0 unspecified atom stereocenters. The fourth-order valence-electron chi connectivity index (χ4n) is 2.69. The van der Waals surface area contributed by atoms with Crippen LogP contribution in [0.2, 0.25) is 0 Å². The molecule has 0 aliphatic carbocycles. The highest BCUT2D eigenvalue weighted by Crippen LogP contribution is 2.15. The number of carbonyl (C=O) groups excluding carboxylic acids is 2. The SMILES string of the molecule is Cc1cc(C)cc(NC(=O)COC(=O)c2ccc(OCc3noc(C)n3)cc2)c1. The first kappa shape index (κ1) is 20.1. The number of aromatic nitrogens is 2. The van der Waals surface area contributed by atoms with Gasteiger partial charge in [-0.2, -0.15) is 4.98 Å². The maximum Gasteiger partial charge on any atom is 0.338 e. The predicted octanol–water partition coefficient (Wildman–Crippen LogP) is 3.37. The number of aryl methyl sites for hydroxylation is 3. The fourth-order valence-corrected chi connectivity index (χ4v) is 2.69. The van der Waals surface area contributed by atoms with E-state index in [1.165, 1.54) is 0 Å². The second-order valence-electron chi connectivity index (χ2n) is 6.54. The average molecular weight is 395 g/mol. The second kappa shape index (κ2) is 9.01. The van der Waals surface area contributed by atoms with Crippen molar-refractivity contribution in [2.75, 3.05) is 11.9 Å². The lowest BCUT2D eigenvalue weighted by atomic mass is 10.1. The predicted molar refractivity (Wildman–Crippen MR) is 105 cm³/mol. The van der Waals surface area contributed by atoms with Gasteiger partial charge in [0.2, 0.25) is 11.7 Å². The van der Waals surface area contributed by atoms with E-state index in [4.69, 9.17) is 14.0 Å². The van der Waals surface area contributed by atoms with E-state index in [0.29, 0.717) is 28.7 Å². The van der Waals surface area contributed by atoms with Crippen molar-refractivity contribution >= 4 is 17.6 Å². The molecule has 1 aromatic heterocycles. The molecule has 29 heavy (non-hydrogen) atoms. The molecule has 0 fully saturated rings. The molecule has 0 saturated heterocycles. The molecule has 0 spiro atoms. The number of ether oxygens (including phenoxy) is 2. The molecule has 1 amide bonds. The van der Waals surface area contributed by atoms with Gasteiger partial charge in [0, 0.05) is 12.6 Å². The first-order chi connectivity index (χ1) is 13.9. The fraction of sp³-hybridized carbons (Fsp3) is 0.238. The van der Waals surface area contributed by atoms with Crippen LogP contribution in [0.3, 0.4) is 0 Å². The van der Waals surface area contributed by atoms with Gasteiger partial charge in [0.05, 0.1) is 5.56 Å². The summed E-state index contributed by atoms with van der Waals surface area (Å²) in [6.07, 6.45) is 0. The van der Waals surface area contributed by atoms with Gasteiger partial charge in [-0.15, -0.1) is 0 Å². The van der Waals surface area contributed by atoms with Gasteiger partial charge in [0.1, 0.15) is 5.75 Å². The maximum absolute atomic E-state index is 12.1. The lowest BCUT2D eigenvalue weighted by Crippen LogP contribution is -2.21. The minimum absolute atomic E-state index is 0.153. The van der Waals surface area contributed by atoms with Crippen molar-refractivity contribution in [2.24, 2.45) is 0 Å². The zero-order valence-corrected chi connectivity index (χ0v) is 16.4. The molecule has 1 N–H and O–H groups in total. The van der Waals surface area contributed by atoms with Crippen LogP contribution in [-0.4, -0.2) is 28.6 Å². The number of anilines is 1. The summed E-state index contributed by atoms with van der Waals surface area (Å²) in [5, 5.41) is 6.45. The van der Waals surface area contributed by atoms with E-state index >= 15 is 0 Å². The molecule has 1 heterocycles. The van der Waals surface area contributed by atoms with Crippen molar-refractivity contribution in [3.05, 3.63) is 70.9 Å². The third-order valence-corrected chi connectivity index (χ3v) is 3.87. The molecule has 0 aliphatic heterocycles. The first-order valence-electron chi connectivity index (χ1n) is 8.96. The van der Waals surface area contributed by atoms with Crippen molar-refractivity contribution in [3.63, 3.8) is 0 Å². The Morgan fingerprint density at radius 3 is 2.34 bits per heavy atom. The summed E-state index contributed by atoms with van der Waals surface area (Å²) in [7, 11) is 0. The van der Waals surface area contributed by atoms with Crippen LogP contribution in [0.25, 0.3) is 0 Å². The van der Waals surface area contributed by atoms with Gasteiger partial charge in [-0.05, 0) is 61.4 Å². The molecule has 8 heteroatoms. The normalized spacial score (nSPS) is 10.4. The van der Waals surface area contributed by atoms with Crippen LogP contribution in [0.4, 0.5) is 5.69 Å². The van der Waals surface area contributed by atoms with E-state index in [9.17, 15) is 9.59 Å².